The van der Waals surface area contributed by atoms with E-state index in [0.717, 1.165) is 19.3 Å². The fraction of sp³-hybridized carbons (Fsp3) is 0.348. The average Bonchev–Trinajstić information content (AvgIpc) is 3.09. The van der Waals surface area contributed by atoms with E-state index in [-0.39, 0.29) is 11.5 Å². The first-order valence-corrected chi connectivity index (χ1v) is 9.36. The van der Waals surface area contributed by atoms with Gasteiger partial charge in [-0.2, -0.15) is 0 Å². The van der Waals surface area contributed by atoms with Gasteiger partial charge in [0, 0.05) is 11.5 Å². The van der Waals surface area contributed by atoms with Crippen molar-refractivity contribution in [3.63, 3.8) is 0 Å². The number of fused-ring (bicyclic) bond motifs is 2. The molecule has 0 aliphatic carbocycles. The molecule has 2 aliphatic heterocycles. The Morgan fingerprint density at radius 3 is 2.22 bits per heavy atom. The Morgan fingerprint density at radius 2 is 1.67 bits per heavy atom. The van der Waals surface area contributed by atoms with Crippen LogP contribution in [-0.2, 0) is 31.8 Å². The molecule has 140 valence electrons. The van der Waals surface area contributed by atoms with E-state index in [4.69, 9.17) is 14.2 Å². The Labute approximate surface area is 159 Å². The van der Waals surface area contributed by atoms with E-state index in [1.807, 2.05) is 36.4 Å². The lowest BCUT2D eigenvalue weighted by Gasteiger charge is -2.45. The van der Waals surface area contributed by atoms with Gasteiger partial charge in [-0.05, 0) is 30.4 Å². The average molecular weight is 364 g/mol. The van der Waals surface area contributed by atoms with Gasteiger partial charge in [0.05, 0.1) is 12.7 Å². The molecule has 2 fully saturated rings. The monoisotopic (exact) mass is 364 g/mol. The van der Waals surface area contributed by atoms with Crippen LogP contribution in [-0.4, -0.2) is 31.1 Å². The fourth-order valence-electron chi connectivity index (χ4n) is 4.36. The third-order valence-corrected chi connectivity index (χ3v) is 5.47. The van der Waals surface area contributed by atoms with Crippen molar-refractivity contribution < 1.29 is 19.0 Å². The molecule has 2 heterocycles. The molecule has 0 aromatic heterocycles. The van der Waals surface area contributed by atoms with Crippen LogP contribution in [0.2, 0.25) is 0 Å². The Kier molecular flexibility index (Phi) is 5.10. The molecule has 0 unspecified atom stereocenters. The summed E-state index contributed by atoms with van der Waals surface area (Å²) in [7, 11) is 0. The van der Waals surface area contributed by atoms with Crippen LogP contribution >= 0.6 is 0 Å². The zero-order chi connectivity index (χ0) is 18.7. The number of rotatable bonds is 6. The molecule has 27 heavy (non-hydrogen) atoms. The maximum atomic E-state index is 12.1. The Bertz CT molecular complexity index is 745. The third-order valence-electron chi connectivity index (χ3n) is 5.47. The normalized spacial score (nSPS) is 25.7. The van der Waals surface area contributed by atoms with E-state index in [0.29, 0.717) is 6.61 Å². The largest absolute Gasteiger partial charge is 0.453 e. The third kappa shape index (κ3) is 3.82. The molecule has 2 bridgehead atoms. The maximum Gasteiger partial charge on any atom is 0.330 e. The number of ether oxygens (including phenoxy) is 3. The smallest absolute Gasteiger partial charge is 0.330 e. The van der Waals surface area contributed by atoms with Crippen LogP contribution in [0.1, 0.15) is 17.5 Å². The number of hydrogen-bond acceptors (Lipinski definition) is 4. The zero-order valence-electron chi connectivity index (χ0n) is 15.3. The van der Waals surface area contributed by atoms with Crippen LogP contribution in [0.25, 0.3) is 0 Å². The van der Waals surface area contributed by atoms with Gasteiger partial charge in [-0.1, -0.05) is 67.2 Å². The number of carbonyl (C=O) groups is 1. The number of carbonyl (C=O) groups excluding carboxylic acids is 1. The molecule has 0 saturated carbocycles. The van der Waals surface area contributed by atoms with E-state index in [9.17, 15) is 4.79 Å². The van der Waals surface area contributed by atoms with Crippen molar-refractivity contribution in [1.29, 1.82) is 0 Å². The first kappa shape index (κ1) is 18.0. The van der Waals surface area contributed by atoms with Crippen molar-refractivity contribution in [2.75, 3.05) is 6.61 Å². The van der Waals surface area contributed by atoms with Crippen molar-refractivity contribution >= 4 is 5.97 Å². The van der Waals surface area contributed by atoms with Crippen LogP contribution in [0.15, 0.2) is 73.3 Å². The Hall–Kier alpha value is -2.43. The minimum atomic E-state index is -0.528. The number of esters is 1. The summed E-state index contributed by atoms with van der Waals surface area (Å²) in [5, 5.41) is 0. The first-order valence-electron chi connectivity index (χ1n) is 9.36. The van der Waals surface area contributed by atoms with Gasteiger partial charge in [0.1, 0.15) is 0 Å². The molecule has 4 rings (SSSR count). The van der Waals surface area contributed by atoms with Gasteiger partial charge in [0.2, 0.25) is 0 Å². The van der Waals surface area contributed by atoms with Crippen molar-refractivity contribution in [3.05, 3.63) is 84.4 Å². The topological polar surface area (TPSA) is 44.8 Å². The highest BCUT2D eigenvalue weighted by Crippen LogP contribution is 2.47. The molecule has 0 amide bonds. The van der Waals surface area contributed by atoms with Crippen LogP contribution in [0.5, 0.6) is 0 Å². The summed E-state index contributed by atoms with van der Waals surface area (Å²) in [4.78, 5) is 12.1. The predicted molar refractivity (Wildman–Crippen MR) is 102 cm³/mol. The minimum Gasteiger partial charge on any atom is -0.453 e. The van der Waals surface area contributed by atoms with Gasteiger partial charge in [0.15, 0.2) is 12.4 Å². The van der Waals surface area contributed by atoms with E-state index >= 15 is 0 Å². The molecule has 0 N–H and O–H groups in total. The molecule has 3 atom stereocenters. The second kappa shape index (κ2) is 7.67. The van der Waals surface area contributed by atoms with E-state index in [2.05, 4.69) is 30.8 Å². The highest BCUT2D eigenvalue weighted by atomic mass is 16.7. The standard InChI is InChI=1S/C23H24O4/c1-2-20(24)27-21-22-25-16-19(26-22)15-23(21,13-17-9-5-3-6-10-17)14-18-11-7-4-8-12-18/h2-12,19,21-22H,1,13-16H2/t19-,21+,22+/m0/s1. The van der Waals surface area contributed by atoms with Crippen molar-refractivity contribution in [2.24, 2.45) is 5.41 Å². The molecular weight excluding hydrogens is 340 g/mol. The second-order valence-electron chi connectivity index (χ2n) is 7.41. The van der Waals surface area contributed by atoms with Crippen LogP contribution in [0.4, 0.5) is 0 Å². The van der Waals surface area contributed by atoms with Gasteiger partial charge >= 0.3 is 5.97 Å². The van der Waals surface area contributed by atoms with E-state index < -0.39 is 18.4 Å². The Balaban J connectivity index is 1.73. The highest BCUT2D eigenvalue weighted by molar-refractivity contribution is 5.81. The van der Waals surface area contributed by atoms with Gasteiger partial charge in [-0.25, -0.2) is 4.79 Å². The van der Waals surface area contributed by atoms with E-state index in [1.165, 1.54) is 17.2 Å². The molecule has 4 nitrogen and oxygen atoms in total. The molecule has 0 radical (unpaired) electrons. The summed E-state index contributed by atoms with van der Waals surface area (Å²) in [5.41, 5.74) is 2.13. The molecule has 2 aromatic carbocycles. The fourth-order valence-corrected chi connectivity index (χ4v) is 4.36. The quantitative estimate of drug-likeness (QED) is 0.579. The summed E-state index contributed by atoms with van der Waals surface area (Å²) in [6.45, 7) is 4.09. The molecule has 4 heteroatoms. The summed E-state index contributed by atoms with van der Waals surface area (Å²) < 4.78 is 17.6. The van der Waals surface area contributed by atoms with Crippen LogP contribution in [0.3, 0.4) is 0 Å². The van der Waals surface area contributed by atoms with Crippen LogP contribution < -0.4 is 0 Å². The van der Waals surface area contributed by atoms with Crippen molar-refractivity contribution in [2.45, 2.75) is 37.8 Å². The second-order valence-corrected chi connectivity index (χ2v) is 7.41. The summed E-state index contributed by atoms with van der Waals surface area (Å²) in [6.07, 6.45) is 2.58. The lowest BCUT2D eigenvalue weighted by molar-refractivity contribution is -0.221. The highest BCUT2D eigenvalue weighted by Gasteiger charge is 2.55. The van der Waals surface area contributed by atoms with Gasteiger partial charge in [-0.15, -0.1) is 0 Å². The summed E-state index contributed by atoms with van der Waals surface area (Å²) in [5.74, 6) is -0.442. The predicted octanol–water partition coefficient (Wildman–Crippen LogP) is 3.70. The van der Waals surface area contributed by atoms with Crippen molar-refractivity contribution in [1.82, 2.24) is 0 Å². The lowest BCUT2D eigenvalue weighted by atomic mass is 9.67. The first-order chi connectivity index (χ1) is 13.2. The minimum absolute atomic E-state index is 0.0288. The van der Waals surface area contributed by atoms with Gasteiger partial charge in [0.25, 0.3) is 0 Å². The van der Waals surface area contributed by atoms with Crippen LogP contribution in [0, 0.1) is 5.41 Å². The summed E-state index contributed by atoms with van der Waals surface area (Å²) >= 11 is 0. The summed E-state index contributed by atoms with van der Waals surface area (Å²) in [6, 6.07) is 20.7. The molecule has 2 saturated heterocycles. The van der Waals surface area contributed by atoms with Crippen molar-refractivity contribution in [3.8, 4) is 0 Å². The molecule has 2 aliphatic rings. The zero-order valence-corrected chi connectivity index (χ0v) is 15.3. The molecule has 0 spiro atoms. The maximum absolute atomic E-state index is 12.1. The number of hydrogen-bond donors (Lipinski definition) is 0. The Morgan fingerprint density at radius 1 is 1.07 bits per heavy atom. The molecular formula is C23H24O4. The van der Waals surface area contributed by atoms with E-state index in [1.54, 1.807) is 0 Å². The lowest BCUT2D eigenvalue weighted by Crippen LogP contribution is -2.53. The van der Waals surface area contributed by atoms with Gasteiger partial charge < -0.3 is 14.2 Å². The SMILES string of the molecule is C=CC(=O)O[C@@H]1[C@@H]2OC[C@H](CC1(Cc1ccccc1)Cc1ccccc1)O2. The number of benzene rings is 2. The molecule has 2 aromatic rings. The van der Waals surface area contributed by atoms with Gasteiger partial charge in [-0.3, -0.25) is 0 Å².